The van der Waals surface area contributed by atoms with E-state index < -0.39 is 0 Å². The quantitative estimate of drug-likeness (QED) is 0.419. The van der Waals surface area contributed by atoms with Gasteiger partial charge in [-0.25, -0.2) is 0 Å². The first kappa shape index (κ1) is 8.41. The summed E-state index contributed by atoms with van der Waals surface area (Å²) in [5.74, 6) is 0. The van der Waals surface area contributed by atoms with Gasteiger partial charge in [0.25, 0.3) is 0 Å². The summed E-state index contributed by atoms with van der Waals surface area (Å²) in [4.78, 5) is 10.2. The van der Waals surface area contributed by atoms with Crippen molar-refractivity contribution < 1.29 is 4.79 Å². The third kappa shape index (κ3) is 3.07. The van der Waals surface area contributed by atoms with Gasteiger partial charge in [-0.2, -0.15) is 0 Å². The Morgan fingerprint density at radius 1 is 1.44 bits per heavy atom. The maximum atomic E-state index is 10.2. The molecule has 0 aliphatic rings. The molecule has 0 aliphatic heterocycles. The second-order valence-corrected chi connectivity index (χ2v) is 2.33. The standard InChI is InChI=1S/C8H14O/c1-4-5-7(2)8(3)6-9/h6H,4-5H2,1-3H3. The van der Waals surface area contributed by atoms with E-state index in [9.17, 15) is 4.79 Å². The summed E-state index contributed by atoms with van der Waals surface area (Å²) >= 11 is 0. The Bertz CT molecular complexity index is 123. The first-order chi connectivity index (χ1) is 4.22. The van der Waals surface area contributed by atoms with Crippen molar-refractivity contribution in [1.29, 1.82) is 0 Å². The van der Waals surface area contributed by atoms with Crippen molar-refractivity contribution in [3.8, 4) is 0 Å². The topological polar surface area (TPSA) is 17.1 Å². The van der Waals surface area contributed by atoms with Gasteiger partial charge in [-0.05, 0) is 25.8 Å². The number of rotatable bonds is 3. The normalized spacial score (nSPS) is 12.8. The third-order valence-electron chi connectivity index (χ3n) is 1.47. The molecule has 0 rings (SSSR count). The van der Waals surface area contributed by atoms with Gasteiger partial charge in [-0.15, -0.1) is 0 Å². The van der Waals surface area contributed by atoms with Crippen LogP contribution in [-0.2, 0) is 4.79 Å². The van der Waals surface area contributed by atoms with Gasteiger partial charge < -0.3 is 0 Å². The summed E-state index contributed by atoms with van der Waals surface area (Å²) in [7, 11) is 0. The predicted octanol–water partition coefficient (Wildman–Crippen LogP) is 2.32. The van der Waals surface area contributed by atoms with Crippen molar-refractivity contribution in [3.05, 3.63) is 11.1 Å². The van der Waals surface area contributed by atoms with Gasteiger partial charge in [0.1, 0.15) is 6.29 Å². The smallest absolute Gasteiger partial charge is 0.145 e. The van der Waals surface area contributed by atoms with Gasteiger partial charge in [-0.1, -0.05) is 18.9 Å². The van der Waals surface area contributed by atoms with Crippen LogP contribution in [0.2, 0.25) is 0 Å². The van der Waals surface area contributed by atoms with Crippen LogP contribution in [-0.4, -0.2) is 6.29 Å². The van der Waals surface area contributed by atoms with Crippen molar-refractivity contribution in [2.24, 2.45) is 0 Å². The van der Waals surface area contributed by atoms with Crippen molar-refractivity contribution in [2.45, 2.75) is 33.6 Å². The maximum Gasteiger partial charge on any atom is 0.145 e. The predicted molar refractivity (Wildman–Crippen MR) is 39.3 cm³/mol. The minimum atomic E-state index is 0.886. The second-order valence-electron chi connectivity index (χ2n) is 2.33. The van der Waals surface area contributed by atoms with Gasteiger partial charge in [-0.3, -0.25) is 4.79 Å². The molecule has 0 fully saturated rings. The highest BCUT2D eigenvalue weighted by Gasteiger charge is 1.91. The zero-order valence-electron chi connectivity index (χ0n) is 6.40. The number of hydrogen-bond donors (Lipinski definition) is 0. The first-order valence-electron chi connectivity index (χ1n) is 3.34. The van der Waals surface area contributed by atoms with E-state index in [1.54, 1.807) is 0 Å². The molecular formula is C8H14O. The highest BCUT2D eigenvalue weighted by molar-refractivity contribution is 5.73. The molecule has 0 aromatic heterocycles. The molecule has 0 spiro atoms. The lowest BCUT2D eigenvalue weighted by molar-refractivity contribution is -0.104. The maximum absolute atomic E-state index is 10.2. The van der Waals surface area contributed by atoms with Crippen molar-refractivity contribution in [3.63, 3.8) is 0 Å². The molecule has 0 aromatic carbocycles. The lowest BCUT2D eigenvalue weighted by atomic mass is 10.1. The van der Waals surface area contributed by atoms with Gasteiger partial charge in [0.05, 0.1) is 0 Å². The molecule has 0 saturated heterocycles. The number of allylic oxidation sites excluding steroid dienone is 2. The molecule has 0 atom stereocenters. The van der Waals surface area contributed by atoms with E-state index in [2.05, 4.69) is 6.92 Å². The van der Waals surface area contributed by atoms with Crippen LogP contribution in [0, 0.1) is 0 Å². The summed E-state index contributed by atoms with van der Waals surface area (Å²) in [5, 5.41) is 0. The zero-order chi connectivity index (χ0) is 7.28. The number of hydrogen-bond acceptors (Lipinski definition) is 1. The summed E-state index contributed by atoms with van der Waals surface area (Å²) in [6.45, 7) is 5.98. The van der Waals surface area contributed by atoms with Crippen LogP contribution in [0.4, 0.5) is 0 Å². The fraction of sp³-hybridized carbons (Fsp3) is 0.625. The molecule has 0 aromatic rings. The van der Waals surface area contributed by atoms with E-state index in [1.165, 1.54) is 5.57 Å². The average molecular weight is 126 g/mol. The number of aldehydes is 1. The number of carbonyl (C=O) groups is 1. The van der Waals surface area contributed by atoms with Gasteiger partial charge in [0.15, 0.2) is 0 Å². The van der Waals surface area contributed by atoms with Crippen LogP contribution in [0.1, 0.15) is 33.6 Å². The summed E-state index contributed by atoms with van der Waals surface area (Å²) in [6.07, 6.45) is 3.09. The minimum Gasteiger partial charge on any atom is -0.298 e. The summed E-state index contributed by atoms with van der Waals surface area (Å²) < 4.78 is 0. The molecule has 0 radical (unpaired) electrons. The lowest BCUT2D eigenvalue weighted by Gasteiger charge is -1.97. The van der Waals surface area contributed by atoms with Gasteiger partial charge in [0, 0.05) is 0 Å². The molecule has 1 heteroatoms. The van der Waals surface area contributed by atoms with Crippen molar-refractivity contribution in [1.82, 2.24) is 0 Å². The molecule has 0 bridgehead atoms. The molecule has 0 unspecified atom stereocenters. The van der Waals surface area contributed by atoms with Crippen LogP contribution in [0.5, 0.6) is 0 Å². The lowest BCUT2D eigenvalue weighted by Crippen LogP contribution is -1.84. The van der Waals surface area contributed by atoms with Crippen LogP contribution in [0.3, 0.4) is 0 Å². The monoisotopic (exact) mass is 126 g/mol. The fourth-order valence-corrected chi connectivity index (χ4v) is 0.673. The Morgan fingerprint density at radius 2 is 2.00 bits per heavy atom. The molecule has 52 valence electrons. The SMILES string of the molecule is CCCC(C)=C(C)C=O. The molecule has 0 amide bonds. The van der Waals surface area contributed by atoms with Crippen LogP contribution >= 0.6 is 0 Å². The summed E-state index contributed by atoms with van der Waals surface area (Å²) in [6, 6.07) is 0. The Kier molecular flexibility index (Phi) is 4.02. The zero-order valence-corrected chi connectivity index (χ0v) is 6.40. The van der Waals surface area contributed by atoms with E-state index >= 15 is 0 Å². The van der Waals surface area contributed by atoms with E-state index in [-0.39, 0.29) is 0 Å². The largest absolute Gasteiger partial charge is 0.298 e. The Balaban J connectivity index is 3.93. The fourth-order valence-electron chi connectivity index (χ4n) is 0.673. The molecule has 9 heavy (non-hydrogen) atoms. The van der Waals surface area contributed by atoms with E-state index in [0.717, 1.165) is 24.7 Å². The van der Waals surface area contributed by atoms with Crippen LogP contribution in [0.25, 0.3) is 0 Å². The Morgan fingerprint density at radius 3 is 2.33 bits per heavy atom. The second kappa shape index (κ2) is 4.30. The highest BCUT2D eigenvalue weighted by Crippen LogP contribution is 2.06. The molecule has 0 saturated carbocycles. The van der Waals surface area contributed by atoms with Gasteiger partial charge >= 0.3 is 0 Å². The van der Waals surface area contributed by atoms with E-state index in [4.69, 9.17) is 0 Å². The third-order valence-corrected chi connectivity index (χ3v) is 1.47. The molecule has 0 aliphatic carbocycles. The molecule has 1 nitrogen and oxygen atoms in total. The first-order valence-corrected chi connectivity index (χ1v) is 3.34. The van der Waals surface area contributed by atoms with Crippen LogP contribution < -0.4 is 0 Å². The minimum absolute atomic E-state index is 0.886. The molecular weight excluding hydrogens is 112 g/mol. The van der Waals surface area contributed by atoms with Crippen LogP contribution in [0.15, 0.2) is 11.1 Å². The van der Waals surface area contributed by atoms with Gasteiger partial charge in [0.2, 0.25) is 0 Å². The Hall–Kier alpha value is -0.590. The van der Waals surface area contributed by atoms with E-state index in [1.807, 2.05) is 13.8 Å². The highest BCUT2D eigenvalue weighted by atomic mass is 16.1. The van der Waals surface area contributed by atoms with Crippen molar-refractivity contribution in [2.75, 3.05) is 0 Å². The molecule has 0 N–H and O–H groups in total. The average Bonchev–Trinajstić information content (AvgIpc) is 1.87. The number of carbonyl (C=O) groups excluding carboxylic acids is 1. The summed E-state index contributed by atoms with van der Waals surface area (Å²) in [5.41, 5.74) is 2.10. The van der Waals surface area contributed by atoms with E-state index in [0.29, 0.717) is 0 Å². The Labute approximate surface area is 56.8 Å². The molecule has 0 heterocycles. The van der Waals surface area contributed by atoms with Crippen molar-refractivity contribution >= 4 is 6.29 Å².